The van der Waals surface area contributed by atoms with E-state index in [1.807, 2.05) is 44.4 Å². The number of thioether (sulfide) groups is 1. The van der Waals surface area contributed by atoms with Crippen molar-refractivity contribution in [2.75, 3.05) is 24.3 Å². The molecule has 1 heterocycles. The van der Waals surface area contributed by atoms with Crippen molar-refractivity contribution >= 4 is 42.2 Å². The molecule has 5 N–H and O–H groups in total. The monoisotopic (exact) mass is 496 g/mol. The third kappa shape index (κ3) is 7.63. The van der Waals surface area contributed by atoms with Gasteiger partial charge in [-0.05, 0) is 35.5 Å². The van der Waals surface area contributed by atoms with Gasteiger partial charge >= 0.3 is 5.97 Å². The SMILES string of the molecule is CSCC[C@H](NC(=O)[C@H]1Cc2ccccc2CN1C(=O)[C@@H](NC[C@H](N)CS)C(C)C)C(=O)O. The van der Waals surface area contributed by atoms with Gasteiger partial charge in [0.05, 0.1) is 6.04 Å². The van der Waals surface area contributed by atoms with Crippen LogP contribution in [0.5, 0.6) is 0 Å². The number of benzene rings is 1. The summed E-state index contributed by atoms with van der Waals surface area (Å²) in [5, 5.41) is 15.5. The number of carboxylic acid groups (broad SMARTS) is 1. The molecule has 0 fully saturated rings. The van der Waals surface area contributed by atoms with E-state index in [1.165, 1.54) is 11.8 Å². The first kappa shape index (κ1) is 27.5. The molecule has 0 aromatic heterocycles. The van der Waals surface area contributed by atoms with Gasteiger partial charge in [0, 0.05) is 31.3 Å². The zero-order chi connectivity index (χ0) is 24.5. The Morgan fingerprint density at radius 2 is 1.94 bits per heavy atom. The zero-order valence-electron chi connectivity index (χ0n) is 19.5. The summed E-state index contributed by atoms with van der Waals surface area (Å²) in [6.45, 7) is 4.60. The minimum atomic E-state index is -1.08. The number of hydrogen-bond donors (Lipinski definition) is 5. The van der Waals surface area contributed by atoms with Gasteiger partial charge in [-0.15, -0.1) is 0 Å². The summed E-state index contributed by atoms with van der Waals surface area (Å²) in [5.41, 5.74) is 7.95. The summed E-state index contributed by atoms with van der Waals surface area (Å²) >= 11 is 5.72. The molecule has 8 nitrogen and oxygen atoms in total. The lowest BCUT2D eigenvalue weighted by Gasteiger charge is -2.39. The number of aliphatic carboxylic acids is 1. The molecule has 4 atom stereocenters. The molecule has 0 bridgehead atoms. The van der Waals surface area contributed by atoms with E-state index >= 15 is 0 Å². The lowest BCUT2D eigenvalue weighted by molar-refractivity contribution is -0.146. The van der Waals surface area contributed by atoms with Gasteiger partial charge in [-0.25, -0.2) is 4.79 Å². The van der Waals surface area contributed by atoms with Crippen LogP contribution in [-0.4, -0.2) is 76.3 Å². The van der Waals surface area contributed by atoms with Crippen LogP contribution in [-0.2, 0) is 27.3 Å². The van der Waals surface area contributed by atoms with Crippen LogP contribution < -0.4 is 16.4 Å². The Labute approximate surface area is 205 Å². The Bertz CT molecular complexity index is 823. The number of fused-ring (bicyclic) bond motifs is 1. The summed E-state index contributed by atoms with van der Waals surface area (Å²) in [7, 11) is 0. The lowest BCUT2D eigenvalue weighted by atomic mass is 9.91. The number of carbonyl (C=O) groups is 3. The van der Waals surface area contributed by atoms with Crippen molar-refractivity contribution in [1.29, 1.82) is 0 Å². The van der Waals surface area contributed by atoms with E-state index in [1.54, 1.807) is 4.90 Å². The average molecular weight is 497 g/mol. The highest BCUT2D eigenvalue weighted by Gasteiger charge is 2.39. The second-order valence-electron chi connectivity index (χ2n) is 8.71. The fourth-order valence-corrected chi connectivity index (χ4v) is 4.48. The van der Waals surface area contributed by atoms with Gasteiger partial charge in [0.15, 0.2) is 0 Å². The normalized spacial score (nSPS) is 18.4. The largest absolute Gasteiger partial charge is 0.480 e. The highest BCUT2D eigenvalue weighted by molar-refractivity contribution is 7.98. The van der Waals surface area contributed by atoms with Gasteiger partial charge < -0.3 is 26.4 Å². The van der Waals surface area contributed by atoms with Crippen molar-refractivity contribution in [3.05, 3.63) is 35.4 Å². The second-order valence-corrected chi connectivity index (χ2v) is 10.1. The van der Waals surface area contributed by atoms with Crippen LogP contribution in [0.2, 0.25) is 0 Å². The molecular formula is C23H36N4O4S2. The number of nitrogens with zero attached hydrogens (tertiary/aromatic N) is 1. The molecular weight excluding hydrogens is 460 g/mol. The Morgan fingerprint density at radius 3 is 2.52 bits per heavy atom. The Balaban J connectivity index is 2.30. The molecule has 1 aromatic carbocycles. The topological polar surface area (TPSA) is 125 Å². The summed E-state index contributed by atoms with van der Waals surface area (Å²) in [6, 6.07) is 5.22. The summed E-state index contributed by atoms with van der Waals surface area (Å²) < 4.78 is 0. The van der Waals surface area contributed by atoms with Crippen molar-refractivity contribution in [2.45, 2.75) is 57.4 Å². The molecule has 2 amide bonds. The van der Waals surface area contributed by atoms with E-state index in [-0.39, 0.29) is 17.9 Å². The molecule has 2 rings (SSSR count). The molecule has 0 spiro atoms. The summed E-state index contributed by atoms with van der Waals surface area (Å²) in [6.07, 6.45) is 2.54. The first-order valence-electron chi connectivity index (χ1n) is 11.2. The number of nitrogens with two attached hydrogens (primary N) is 1. The van der Waals surface area contributed by atoms with Gasteiger partial charge in [-0.3, -0.25) is 9.59 Å². The fourth-order valence-electron chi connectivity index (χ4n) is 3.88. The van der Waals surface area contributed by atoms with Gasteiger partial charge in [0.2, 0.25) is 11.8 Å². The smallest absolute Gasteiger partial charge is 0.326 e. The van der Waals surface area contributed by atoms with Crippen molar-refractivity contribution < 1.29 is 19.5 Å². The molecule has 184 valence electrons. The summed E-state index contributed by atoms with van der Waals surface area (Å²) in [5.74, 6) is -0.644. The van der Waals surface area contributed by atoms with Crippen LogP contribution in [0, 0.1) is 5.92 Å². The Hall–Kier alpha value is -1.75. The van der Waals surface area contributed by atoms with Gasteiger partial charge in [-0.2, -0.15) is 24.4 Å². The standard InChI is InChI=1S/C23H36N4O4S2/c1-14(2)20(25-11-17(24)13-32)22(29)27-12-16-7-5-4-6-15(16)10-19(27)21(28)26-18(23(30)31)8-9-33-3/h4-7,14,17-20,25,32H,8-13,24H2,1-3H3,(H,26,28)(H,30,31)/t17-,18-,19+,20-/m0/s1. The maximum absolute atomic E-state index is 13.7. The van der Waals surface area contributed by atoms with Crippen molar-refractivity contribution in [3.63, 3.8) is 0 Å². The molecule has 33 heavy (non-hydrogen) atoms. The van der Waals surface area contributed by atoms with Crippen LogP contribution in [0.1, 0.15) is 31.4 Å². The Morgan fingerprint density at radius 1 is 1.27 bits per heavy atom. The van der Waals surface area contributed by atoms with Crippen LogP contribution in [0.15, 0.2) is 24.3 Å². The molecule has 1 aromatic rings. The molecule has 10 heteroatoms. The third-order valence-corrected chi connectivity index (χ3v) is 6.94. The Kier molecular flexibility index (Phi) is 11.0. The number of rotatable bonds is 12. The highest BCUT2D eigenvalue weighted by Crippen LogP contribution is 2.25. The first-order valence-corrected chi connectivity index (χ1v) is 13.2. The fraction of sp³-hybridized carbons (Fsp3) is 0.609. The van der Waals surface area contributed by atoms with E-state index in [2.05, 4.69) is 23.3 Å². The van der Waals surface area contributed by atoms with Crippen LogP contribution >= 0.6 is 24.4 Å². The number of carbonyl (C=O) groups excluding carboxylic acids is 2. The predicted octanol–water partition coefficient (Wildman–Crippen LogP) is 1.13. The molecule has 1 aliphatic heterocycles. The predicted molar refractivity (Wildman–Crippen MR) is 136 cm³/mol. The molecule has 1 aliphatic rings. The van der Waals surface area contributed by atoms with E-state index in [4.69, 9.17) is 5.73 Å². The molecule has 0 unspecified atom stereocenters. The molecule has 0 radical (unpaired) electrons. The van der Waals surface area contributed by atoms with Gasteiger partial charge in [-0.1, -0.05) is 38.1 Å². The third-order valence-electron chi connectivity index (χ3n) is 5.83. The molecule has 0 aliphatic carbocycles. The molecule has 0 saturated heterocycles. The van der Waals surface area contributed by atoms with Crippen molar-refractivity contribution in [1.82, 2.24) is 15.5 Å². The van der Waals surface area contributed by atoms with Crippen molar-refractivity contribution in [3.8, 4) is 0 Å². The summed E-state index contributed by atoms with van der Waals surface area (Å²) in [4.78, 5) is 40.2. The number of thiol groups is 1. The van der Waals surface area contributed by atoms with E-state index in [0.717, 1.165) is 11.1 Å². The van der Waals surface area contributed by atoms with Crippen LogP contribution in [0.4, 0.5) is 0 Å². The highest BCUT2D eigenvalue weighted by atomic mass is 32.2. The van der Waals surface area contributed by atoms with E-state index < -0.39 is 30.0 Å². The quantitative estimate of drug-likeness (QED) is 0.275. The second kappa shape index (κ2) is 13.2. The zero-order valence-corrected chi connectivity index (χ0v) is 21.2. The van der Waals surface area contributed by atoms with Crippen molar-refractivity contribution in [2.24, 2.45) is 11.7 Å². The van der Waals surface area contributed by atoms with Crippen LogP contribution in [0.25, 0.3) is 0 Å². The van der Waals surface area contributed by atoms with Gasteiger partial charge in [0.25, 0.3) is 0 Å². The number of carboxylic acids is 1. The lowest BCUT2D eigenvalue weighted by Crippen LogP contribution is -2.60. The molecule has 0 saturated carbocycles. The maximum Gasteiger partial charge on any atom is 0.326 e. The van der Waals surface area contributed by atoms with E-state index in [0.29, 0.717) is 37.4 Å². The maximum atomic E-state index is 13.7. The first-order chi connectivity index (χ1) is 15.7. The van der Waals surface area contributed by atoms with Gasteiger partial charge in [0.1, 0.15) is 12.1 Å². The number of nitrogens with one attached hydrogen (secondary N) is 2. The van der Waals surface area contributed by atoms with Crippen LogP contribution in [0.3, 0.4) is 0 Å². The minimum absolute atomic E-state index is 0.0288. The number of hydrogen-bond acceptors (Lipinski definition) is 7. The average Bonchev–Trinajstić information content (AvgIpc) is 2.79. The van der Waals surface area contributed by atoms with E-state index in [9.17, 15) is 19.5 Å². The number of amides is 2. The minimum Gasteiger partial charge on any atom is -0.480 e.